The molecule has 0 saturated heterocycles. The summed E-state index contributed by atoms with van der Waals surface area (Å²) >= 11 is 0. The van der Waals surface area contributed by atoms with Crippen LogP contribution in [0, 0.1) is 0 Å². The van der Waals surface area contributed by atoms with Crippen LogP contribution < -0.4 is 0 Å². The first-order valence-corrected chi connectivity index (χ1v) is 5.42. The van der Waals surface area contributed by atoms with Crippen LogP contribution in [0.5, 0.6) is 0 Å². The summed E-state index contributed by atoms with van der Waals surface area (Å²) < 4.78 is 66.0. The Kier molecular flexibility index (Phi) is 3.29. The normalized spacial score (nSPS) is 19.2. The van der Waals surface area contributed by atoms with Gasteiger partial charge in [-0.15, -0.1) is 0 Å². The van der Waals surface area contributed by atoms with Crippen LogP contribution >= 0.6 is 0 Å². The standard InChI is InChI=1S/C7H9F3O4S/c1-5-4-13-3-2-6(5)14-15(11,12)7(8,9)10/h2-4H2,1H3. The molecule has 0 fully saturated rings. The van der Waals surface area contributed by atoms with Crippen molar-refractivity contribution in [1.82, 2.24) is 0 Å². The molecule has 8 heteroatoms. The first kappa shape index (κ1) is 12.3. The summed E-state index contributed by atoms with van der Waals surface area (Å²) in [6.07, 6.45) is 0.0289. The van der Waals surface area contributed by atoms with Gasteiger partial charge in [0.2, 0.25) is 0 Å². The van der Waals surface area contributed by atoms with Gasteiger partial charge in [0, 0.05) is 6.42 Å². The first-order chi connectivity index (χ1) is 6.74. The van der Waals surface area contributed by atoms with Crippen molar-refractivity contribution in [2.45, 2.75) is 18.9 Å². The lowest BCUT2D eigenvalue weighted by Gasteiger charge is -2.18. The number of ether oxygens (including phenoxy) is 1. The largest absolute Gasteiger partial charge is 0.534 e. The van der Waals surface area contributed by atoms with E-state index in [1.165, 1.54) is 6.92 Å². The van der Waals surface area contributed by atoms with E-state index in [-0.39, 0.29) is 25.4 Å². The Morgan fingerprint density at radius 3 is 2.47 bits per heavy atom. The third-order valence-corrected chi connectivity index (χ3v) is 2.75. The van der Waals surface area contributed by atoms with E-state index in [2.05, 4.69) is 4.18 Å². The van der Waals surface area contributed by atoms with Crippen molar-refractivity contribution in [2.24, 2.45) is 0 Å². The van der Waals surface area contributed by atoms with Gasteiger partial charge < -0.3 is 8.92 Å². The van der Waals surface area contributed by atoms with Crippen LogP contribution in [0.3, 0.4) is 0 Å². The first-order valence-electron chi connectivity index (χ1n) is 4.01. The van der Waals surface area contributed by atoms with Gasteiger partial charge in [0.05, 0.1) is 13.2 Å². The number of rotatable bonds is 2. The molecular formula is C7H9F3O4S. The van der Waals surface area contributed by atoms with Crippen LogP contribution in [-0.4, -0.2) is 27.1 Å². The average Bonchev–Trinajstić information content (AvgIpc) is 2.06. The average molecular weight is 246 g/mol. The molecule has 1 aliphatic rings. The molecule has 0 aromatic rings. The predicted molar refractivity (Wildman–Crippen MR) is 44.2 cm³/mol. The second-order valence-electron chi connectivity index (χ2n) is 2.99. The highest BCUT2D eigenvalue weighted by Gasteiger charge is 2.49. The van der Waals surface area contributed by atoms with E-state index in [1.54, 1.807) is 0 Å². The van der Waals surface area contributed by atoms with Gasteiger partial charge in [-0.05, 0) is 12.5 Å². The summed E-state index contributed by atoms with van der Waals surface area (Å²) in [5, 5.41) is 0. The van der Waals surface area contributed by atoms with Crippen molar-refractivity contribution in [2.75, 3.05) is 13.2 Å². The molecule has 15 heavy (non-hydrogen) atoms. The Hall–Kier alpha value is -0.760. The molecule has 0 saturated carbocycles. The lowest BCUT2D eigenvalue weighted by atomic mass is 10.2. The van der Waals surface area contributed by atoms with Crippen LogP contribution in [0.4, 0.5) is 13.2 Å². The maximum atomic E-state index is 11.9. The SMILES string of the molecule is CC1=C(OS(=O)(=O)C(F)(F)F)CCOC1. The fraction of sp³-hybridized carbons (Fsp3) is 0.714. The molecule has 0 unspecified atom stereocenters. The Morgan fingerprint density at radius 2 is 2.00 bits per heavy atom. The summed E-state index contributed by atoms with van der Waals surface area (Å²) in [4.78, 5) is 0. The molecule has 4 nitrogen and oxygen atoms in total. The zero-order chi connectivity index (χ0) is 11.7. The fourth-order valence-corrected chi connectivity index (χ4v) is 1.56. The summed E-state index contributed by atoms with van der Waals surface area (Å²) in [6, 6.07) is 0. The Labute approximate surface area is 84.8 Å². The van der Waals surface area contributed by atoms with E-state index < -0.39 is 15.6 Å². The lowest BCUT2D eigenvalue weighted by molar-refractivity contribution is -0.0528. The van der Waals surface area contributed by atoms with Gasteiger partial charge in [0.15, 0.2) is 0 Å². The molecule has 0 amide bonds. The summed E-state index contributed by atoms with van der Waals surface area (Å²) in [5.41, 5.74) is -5.03. The number of hydrogen-bond donors (Lipinski definition) is 0. The zero-order valence-corrected chi connectivity index (χ0v) is 8.61. The van der Waals surface area contributed by atoms with Gasteiger partial charge in [-0.2, -0.15) is 21.6 Å². The highest BCUT2D eigenvalue weighted by atomic mass is 32.2. The molecule has 0 bridgehead atoms. The molecule has 0 aliphatic carbocycles. The van der Waals surface area contributed by atoms with Crippen LogP contribution in [0.2, 0.25) is 0 Å². The fourth-order valence-electron chi connectivity index (χ4n) is 0.976. The molecule has 0 atom stereocenters. The summed E-state index contributed by atoms with van der Waals surface area (Å²) in [7, 11) is -5.54. The van der Waals surface area contributed by atoms with Crippen molar-refractivity contribution in [3.8, 4) is 0 Å². The van der Waals surface area contributed by atoms with Crippen molar-refractivity contribution < 1.29 is 30.5 Å². The van der Waals surface area contributed by atoms with E-state index in [4.69, 9.17) is 4.74 Å². The van der Waals surface area contributed by atoms with E-state index >= 15 is 0 Å². The van der Waals surface area contributed by atoms with E-state index in [0.29, 0.717) is 5.57 Å². The van der Waals surface area contributed by atoms with Crippen molar-refractivity contribution in [1.29, 1.82) is 0 Å². The molecule has 88 valence electrons. The monoisotopic (exact) mass is 246 g/mol. The van der Waals surface area contributed by atoms with Gasteiger partial charge in [0.25, 0.3) is 0 Å². The Balaban J connectivity index is 2.87. The molecule has 1 rings (SSSR count). The maximum Gasteiger partial charge on any atom is 0.534 e. The van der Waals surface area contributed by atoms with E-state index in [1.807, 2.05) is 0 Å². The maximum absolute atomic E-state index is 11.9. The Morgan fingerprint density at radius 1 is 1.40 bits per heavy atom. The molecular weight excluding hydrogens is 237 g/mol. The third-order valence-electron chi connectivity index (χ3n) is 1.76. The van der Waals surface area contributed by atoms with Crippen molar-refractivity contribution >= 4 is 10.1 Å². The topological polar surface area (TPSA) is 52.6 Å². The second kappa shape index (κ2) is 4.01. The highest BCUT2D eigenvalue weighted by Crippen LogP contribution is 2.29. The van der Waals surface area contributed by atoms with Gasteiger partial charge in [-0.1, -0.05) is 0 Å². The molecule has 0 aromatic carbocycles. The summed E-state index contributed by atoms with van der Waals surface area (Å²) in [6.45, 7) is 1.70. The quantitative estimate of drug-likeness (QED) is 0.548. The van der Waals surface area contributed by atoms with Crippen LogP contribution in [-0.2, 0) is 19.0 Å². The molecule has 1 heterocycles. The van der Waals surface area contributed by atoms with Crippen LogP contribution in [0.1, 0.15) is 13.3 Å². The number of halogens is 3. The van der Waals surface area contributed by atoms with Gasteiger partial charge >= 0.3 is 15.6 Å². The van der Waals surface area contributed by atoms with Crippen molar-refractivity contribution in [3.63, 3.8) is 0 Å². The van der Waals surface area contributed by atoms with Gasteiger partial charge in [-0.3, -0.25) is 0 Å². The van der Waals surface area contributed by atoms with Gasteiger partial charge in [0.1, 0.15) is 5.76 Å². The van der Waals surface area contributed by atoms with E-state index in [9.17, 15) is 21.6 Å². The number of alkyl halides is 3. The highest BCUT2D eigenvalue weighted by molar-refractivity contribution is 7.87. The van der Waals surface area contributed by atoms with Gasteiger partial charge in [-0.25, -0.2) is 0 Å². The summed E-state index contributed by atoms with van der Waals surface area (Å²) in [5.74, 6) is -0.182. The minimum atomic E-state index is -5.54. The minimum absolute atomic E-state index is 0.0289. The lowest BCUT2D eigenvalue weighted by Crippen LogP contribution is -2.27. The number of hydrogen-bond acceptors (Lipinski definition) is 4. The zero-order valence-electron chi connectivity index (χ0n) is 7.80. The second-order valence-corrected chi connectivity index (χ2v) is 4.53. The molecule has 0 aromatic heterocycles. The Bertz CT molecular complexity index is 368. The molecule has 0 spiro atoms. The van der Waals surface area contributed by atoms with E-state index in [0.717, 1.165) is 0 Å². The molecule has 1 aliphatic heterocycles. The smallest absolute Gasteiger partial charge is 0.380 e. The van der Waals surface area contributed by atoms with Crippen LogP contribution in [0.15, 0.2) is 11.3 Å². The minimum Gasteiger partial charge on any atom is -0.380 e. The predicted octanol–water partition coefficient (Wildman–Crippen LogP) is 1.55. The molecule has 0 N–H and O–H groups in total. The van der Waals surface area contributed by atoms with Crippen molar-refractivity contribution in [3.05, 3.63) is 11.3 Å². The third kappa shape index (κ3) is 2.85. The molecule has 0 radical (unpaired) electrons. The van der Waals surface area contributed by atoms with Crippen LogP contribution in [0.25, 0.3) is 0 Å².